The van der Waals surface area contributed by atoms with Crippen LogP contribution < -0.4 is 5.32 Å². The first-order valence-corrected chi connectivity index (χ1v) is 6.31. The lowest BCUT2D eigenvalue weighted by Gasteiger charge is -2.01. The molecule has 0 amide bonds. The van der Waals surface area contributed by atoms with Gasteiger partial charge in [-0.3, -0.25) is 0 Å². The van der Waals surface area contributed by atoms with E-state index in [0.29, 0.717) is 0 Å². The second-order valence-corrected chi connectivity index (χ2v) is 5.10. The minimum atomic E-state index is -0.199. The molecule has 0 saturated heterocycles. The van der Waals surface area contributed by atoms with Gasteiger partial charge in [0.25, 0.3) is 0 Å². The fourth-order valence-electron chi connectivity index (χ4n) is 1.73. The smallest absolute Gasteiger partial charge is 0.124 e. The van der Waals surface area contributed by atoms with Gasteiger partial charge in [-0.15, -0.1) is 11.3 Å². The summed E-state index contributed by atoms with van der Waals surface area (Å²) >= 11 is 1.66. The van der Waals surface area contributed by atoms with E-state index in [0.717, 1.165) is 28.4 Å². The zero-order valence-electron chi connectivity index (χ0n) is 10.2. The van der Waals surface area contributed by atoms with Gasteiger partial charge >= 0.3 is 0 Å². The molecule has 0 saturated carbocycles. The summed E-state index contributed by atoms with van der Waals surface area (Å²) in [7, 11) is 1.92. The Morgan fingerprint density at radius 2 is 2.12 bits per heavy atom. The summed E-state index contributed by atoms with van der Waals surface area (Å²) in [5.74, 6) is -0.199. The second kappa shape index (κ2) is 4.94. The summed E-state index contributed by atoms with van der Waals surface area (Å²) in [4.78, 5) is 5.77. The first-order valence-electron chi connectivity index (χ1n) is 5.49. The van der Waals surface area contributed by atoms with Crippen molar-refractivity contribution in [3.8, 4) is 10.6 Å². The average Bonchev–Trinajstić information content (AvgIpc) is 2.60. The monoisotopic (exact) mass is 250 g/mol. The molecule has 2 nitrogen and oxygen atoms in total. The fourth-order valence-corrected chi connectivity index (χ4v) is 2.90. The van der Waals surface area contributed by atoms with Crippen molar-refractivity contribution in [1.29, 1.82) is 0 Å². The maximum Gasteiger partial charge on any atom is 0.124 e. The van der Waals surface area contributed by atoms with Gasteiger partial charge in [0.2, 0.25) is 0 Å². The van der Waals surface area contributed by atoms with Crippen molar-refractivity contribution in [2.75, 3.05) is 7.05 Å². The second-order valence-electron chi connectivity index (χ2n) is 4.02. The lowest BCUT2D eigenvalue weighted by Crippen LogP contribution is -2.04. The first-order chi connectivity index (χ1) is 8.11. The van der Waals surface area contributed by atoms with Crippen molar-refractivity contribution in [1.82, 2.24) is 10.3 Å². The van der Waals surface area contributed by atoms with E-state index >= 15 is 0 Å². The van der Waals surface area contributed by atoms with Crippen LogP contribution in [0, 0.1) is 19.7 Å². The van der Waals surface area contributed by atoms with Crippen LogP contribution in [0.1, 0.15) is 16.1 Å². The van der Waals surface area contributed by atoms with Crippen LogP contribution in [0.15, 0.2) is 18.2 Å². The molecule has 2 rings (SSSR count). The Hall–Kier alpha value is -1.26. The van der Waals surface area contributed by atoms with Gasteiger partial charge in [-0.25, -0.2) is 9.37 Å². The Labute approximate surface area is 105 Å². The predicted octanol–water partition coefficient (Wildman–Crippen LogP) is 3.29. The summed E-state index contributed by atoms with van der Waals surface area (Å²) < 4.78 is 13.0. The van der Waals surface area contributed by atoms with Crippen LogP contribution in [0.3, 0.4) is 0 Å². The predicted molar refractivity (Wildman–Crippen MR) is 69.7 cm³/mol. The third-order valence-corrected chi connectivity index (χ3v) is 3.84. The quantitative estimate of drug-likeness (QED) is 0.904. The number of nitrogens with zero attached hydrogens (tertiary/aromatic N) is 1. The molecule has 0 aliphatic rings. The fraction of sp³-hybridized carbons (Fsp3) is 0.308. The lowest BCUT2D eigenvalue weighted by molar-refractivity contribution is 0.627. The van der Waals surface area contributed by atoms with Gasteiger partial charge in [0, 0.05) is 17.0 Å². The molecular formula is C13H15FN2S. The van der Waals surface area contributed by atoms with E-state index in [-0.39, 0.29) is 5.82 Å². The molecule has 0 fully saturated rings. The Bertz CT molecular complexity index is 534. The molecule has 4 heteroatoms. The van der Waals surface area contributed by atoms with E-state index < -0.39 is 0 Å². The van der Waals surface area contributed by atoms with Gasteiger partial charge in [-0.05, 0) is 44.7 Å². The molecule has 0 spiro atoms. The topological polar surface area (TPSA) is 24.9 Å². The van der Waals surface area contributed by atoms with Gasteiger partial charge in [-0.1, -0.05) is 0 Å². The van der Waals surface area contributed by atoms with Crippen molar-refractivity contribution in [2.24, 2.45) is 0 Å². The molecule has 2 aromatic rings. The number of thiazole rings is 1. The standard InChI is InChI=1S/C13H15FN2S/c1-8-6-10(14)4-5-11(8)13-16-9(2)12(17-13)7-15-3/h4-6,15H,7H2,1-3H3. The zero-order chi connectivity index (χ0) is 12.4. The number of benzene rings is 1. The first kappa shape index (κ1) is 12.2. The SMILES string of the molecule is CNCc1sc(-c2ccc(F)cc2C)nc1C. The molecule has 0 aliphatic heterocycles. The Kier molecular flexibility index (Phi) is 3.54. The normalized spacial score (nSPS) is 10.8. The third-order valence-electron chi connectivity index (χ3n) is 2.65. The Morgan fingerprint density at radius 1 is 1.35 bits per heavy atom. The molecule has 0 aliphatic carbocycles. The number of rotatable bonds is 3. The van der Waals surface area contributed by atoms with Gasteiger partial charge in [0.05, 0.1) is 5.69 Å². The molecule has 17 heavy (non-hydrogen) atoms. The van der Waals surface area contributed by atoms with Crippen LogP contribution in [0.2, 0.25) is 0 Å². The van der Waals surface area contributed by atoms with Crippen molar-refractivity contribution in [3.05, 3.63) is 40.2 Å². The highest BCUT2D eigenvalue weighted by Crippen LogP contribution is 2.30. The van der Waals surface area contributed by atoms with Crippen molar-refractivity contribution in [2.45, 2.75) is 20.4 Å². The molecule has 1 heterocycles. The van der Waals surface area contributed by atoms with Gasteiger partial charge in [-0.2, -0.15) is 0 Å². The molecule has 0 radical (unpaired) electrons. The van der Waals surface area contributed by atoms with Crippen LogP contribution in [0.25, 0.3) is 10.6 Å². The molecule has 1 aromatic carbocycles. The van der Waals surface area contributed by atoms with Gasteiger partial charge < -0.3 is 5.32 Å². The van der Waals surface area contributed by atoms with Crippen LogP contribution in [0.4, 0.5) is 4.39 Å². The third kappa shape index (κ3) is 2.53. The highest BCUT2D eigenvalue weighted by atomic mass is 32.1. The molecule has 0 unspecified atom stereocenters. The molecular weight excluding hydrogens is 235 g/mol. The minimum Gasteiger partial charge on any atom is -0.315 e. The van der Waals surface area contributed by atoms with E-state index in [1.807, 2.05) is 20.9 Å². The van der Waals surface area contributed by atoms with E-state index in [1.165, 1.54) is 10.9 Å². The molecule has 1 aromatic heterocycles. The summed E-state index contributed by atoms with van der Waals surface area (Å²) in [6.45, 7) is 4.74. The number of halogens is 1. The number of hydrogen-bond acceptors (Lipinski definition) is 3. The van der Waals surface area contributed by atoms with Crippen LogP contribution in [0.5, 0.6) is 0 Å². The van der Waals surface area contributed by atoms with Crippen molar-refractivity contribution >= 4 is 11.3 Å². The van der Waals surface area contributed by atoms with Crippen molar-refractivity contribution in [3.63, 3.8) is 0 Å². The Balaban J connectivity index is 2.42. The van der Waals surface area contributed by atoms with Gasteiger partial charge in [0.15, 0.2) is 0 Å². The maximum absolute atomic E-state index is 13.0. The summed E-state index contributed by atoms with van der Waals surface area (Å²) in [5.41, 5.74) is 2.99. The molecule has 0 bridgehead atoms. The lowest BCUT2D eigenvalue weighted by atomic mass is 10.1. The minimum absolute atomic E-state index is 0.199. The zero-order valence-corrected chi connectivity index (χ0v) is 11.0. The molecule has 1 N–H and O–H groups in total. The summed E-state index contributed by atoms with van der Waals surface area (Å²) in [6.07, 6.45) is 0. The Morgan fingerprint density at radius 3 is 2.76 bits per heavy atom. The van der Waals surface area contributed by atoms with Crippen LogP contribution in [-0.2, 0) is 6.54 Å². The summed E-state index contributed by atoms with van der Waals surface area (Å²) in [6, 6.07) is 4.83. The van der Waals surface area contributed by atoms with E-state index in [4.69, 9.17) is 0 Å². The van der Waals surface area contributed by atoms with Crippen LogP contribution in [-0.4, -0.2) is 12.0 Å². The van der Waals surface area contributed by atoms with Crippen molar-refractivity contribution < 1.29 is 4.39 Å². The van der Waals surface area contributed by atoms with Crippen LogP contribution >= 0.6 is 11.3 Å². The number of hydrogen-bond donors (Lipinski definition) is 1. The van der Waals surface area contributed by atoms with Gasteiger partial charge in [0.1, 0.15) is 10.8 Å². The maximum atomic E-state index is 13.0. The molecule has 0 atom stereocenters. The number of aryl methyl sites for hydroxylation is 2. The van der Waals surface area contributed by atoms with E-state index in [1.54, 1.807) is 23.5 Å². The highest BCUT2D eigenvalue weighted by Gasteiger charge is 2.11. The highest BCUT2D eigenvalue weighted by molar-refractivity contribution is 7.15. The average molecular weight is 250 g/mol. The largest absolute Gasteiger partial charge is 0.315 e. The summed E-state index contributed by atoms with van der Waals surface area (Å²) in [5, 5.41) is 4.09. The number of aromatic nitrogens is 1. The van der Waals surface area contributed by atoms with E-state index in [2.05, 4.69) is 10.3 Å². The number of nitrogens with one attached hydrogen (secondary N) is 1. The van der Waals surface area contributed by atoms with E-state index in [9.17, 15) is 4.39 Å². The molecule has 90 valence electrons.